The van der Waals surface area contributed by atoms with Gasteiger partial charge in [-0.3, -0.25) is 14.4 Å². The average Bonchev–Trinajstić information content (AvgIpc) is 2.96. The number of likely N-dealkylation sites (N-methyl/N-ethyl adjacent to an activating group) is 1. The maximum Gasteiger partial charge on any atom is 0.303 e. The van der Waals surface area contributed by atoms with Crippen LogP contribution in [-0.4, -0.2) is 113 Å². The molecule has 0 N–H and O–H groups in total. The summed E-state index contributed by atoms with van der Waals surface area (Å²) in [4.78, 5) is 40.0. The molecule has 0 spiro atoms. The highest BCUT2D eigenvalue weighted by Crippen LogP contribution is 2.31. The summed E-state index contributed by atoms with van der Waals surface area (Å²) in [5, 5.41) is 3.39. The molecule has 1 aliphatic carbocycles. The first-order valence-corrected chi connectivity index (χ1v) is 14.4. The number of nitrogens with zero attached hydrogens (tertiary/aromatic N) is 4. The highest BCUT2D eigenvalue weighted by molar-refractivity contribution is 5.67. The lowest BCUT2D eigenvalue weighted by atomic mass is 10.0. The molecule has 0 radical (unpaired) electrons. The number of rotatable bonds is 20. The molecule has 0 amide bonds. The van der Waals surface area contributed by atoms with Gasteiger partial charge in [-0.05, 0) is 31.4 Å². The number of hydrogen-bond acceptors (Lipinski definition) is 13. The van der Waals surface area contributed by atoms with Crippen LogP contribution in [0, 0.1) is 0 Å². The van der Waals surface area contributed by atoms with Gasteiger partial charge in [-0.25, -0.2) is 0 Å². The first-order chi connectivity index (χ1) is 20.7. The smallest absolute Gasteiger partial charge is 0.303 e. The Balaban J connectivity index is 1.96. The van der Waals surface area contributed by atoms with Crippen LogP contribution >= 0.6 is 0 Å². The van der Waals surface area contributed by atoms with Crippen molar-refractivity contribution in [2.45, 2.75) is 71.6 Å². The highest BCUT2D eigenvalue weighted by atomic mass is 16.7. The SMILES string of the molecule is CCN(CCOCCOCCOCCN=[N+]=[N-])C1=C(O[C@H]2C[C@@H](OC(C)=O)[C@@H](OC(C)=O)[C@@H](COC(C)=O)O2)C=CCC1. The lowest BCUT2D eigenvalue weighted by Crippen LogP contribution is -2.54. The molecule has 0 aromatic heterocycles. The highest BCUT2D eigenvalue weighted by Gasteiger charge is 2.45. The number of azide groups is 1. The van der Waals surface area contributed by atoms with Crippen LogP contribution < -0.4 is 0 Å². The van der Waals surface area contributed by atoms with Gasteiger partial charge in [0.25, 0.3) is 0 Å². The third kappa shape index (κ3) is 14.1. The molecule has 2 rings (SSSR count). The van der Waals surface area contributed by atoms with Crippen molar-refractivity contribution in [1.82, 2.24) is 4.90 Å². The molecule has 242 valence electrons. The fourth-order valence-corrected chi connectivity index (χ4v) is 4.52. The van der Waals surface area contributed by atoms with Crippen molar-refractivity contribution >= 4 is 17.9 Å². The standard InChI is InChI=1S/C28H44N4O11/c1-5-32(11-13-37-15-17-38-16-14-36-12-10-30-31-29)23-8-6-7-9-24(23)42-27-18-25(40-21(3)34)28(41-22(4)35)26(43-27)19-39-20(2)33/h7,9,25-28H,5-6,8,10-19H2,1-4H3/t25-,26-,27-,28-/m1/s1. The number of hydrogen-bond donors (Lipinski definition) is 0. The van der Waals surface area contributed by atoms with Crippen molar-refractivity contribution in [3.8, 4) is 0 Å². The van der Waals surface area contributed by atoms with E-state index in [-0.39, 0.29) is 13.0 Å². The number of carbonyl (C=O) groups excluding carboxylic acids is 3. The van der Waals surface area contributed by atoms with Gasteiger partial charge in [0, 0.05) is 45.3 Å². The first-order valence-electron chi connectivity index (χ1n) is 14.4. The molecule has 0 unspecified atom stereocenters. The fourth-order valence-electron chi connectivity index (χ4n) is 4.52. The zero-order chi connectivity index (χ0) is 31.5. The molecule has 1 aliphatic heterocycles. The third-order valence-electron chi connectivity index (χ3n) is 6.33. The summed E-state index contributed by atoms with van der Waals surface area (Å²) in [6.07, 6.45) is 1.97. The summed E-state index contributed by atoms with van der Waals surface area (Å²) in [6, 6.07) is 0. The van der Waals surface area contributed by atoms with Crippen LogP contribution in [0.25, 0.3) is 10.4 Å². The second kappa shape index (κ2) is 20.5. The summed E-state index contributed by atoms with van der Waals surface area (Å²) in [6.45, 7) is 9.76. The predicted molar refractivity (Wildman–Crippen MR) is 151 cm³/mol. The van der Waals surface area contributed by atoms with E-state index in [1.165, 1.54) is 20.8 Å². The molecule has 0 aromatic carbocycles. The molecule has 0 aromatic rings. The fraction of sp³-hybridized carbons (Fsp3) is 0.750. The van der Waals surface area contributed by atoms with Gasteiger partial charge < -0.3 is 42.8 Å². The van der Waals surface area contributed by atoms with Crippen molar-refractivity contribution < 1.29 is 52.3 Å². The Bertz CT molecular complexity index is 999. The lowest BCUT2D eigenvalue weighted by Gasteiger charge is -2.40. The minimum absolute atomic E-state index is 0.104. The van der Waals surface area contributed by atoms with Crippen molar-refractivity contribution in [3.05, 3.63) is 34.1 Å². The average molecular weight is 613 g/mol. The Hall–Kier alpha value is -3.36. The molecule has 1 fully saturated rings. The van der Waals surface area contributed by atoms with Gasteiger partial charge in [0.1, 0.15) is 24.6 Å². The Labute approximate surface area is 251 Å². The van der Waals surface area contributed by atoms with Crippen LogP contribution in [0.5, 0.6) is 0 Å². The van der Waals surface area contributed by atoms with E-state index in [0.29, 0.717) is 65.0 Å². The van der Waals surface area contributed by atoms with Crippen LogP contribution in [0.2, 0.25) is 0 Å². The van der Waals surface area contributed by atoms with Gasteiger partial charge in [0.15, 0.2) is 6.10 Å². The van der Waals surface area contributed by atoms with Crippen LogP contribution in [-0.2, 0) is 52.3 Å². The molecular weight excluding hydrogens is 568 g/mol. The van der Waals surface area contributed by atoms with Crippen molar-refractivity contribution in [2.24, 2.45) is 5.11 Å². The van der Waals surface area contributed by atoms with Crippen LogP contribution in [0.15, 0.2) is 28.7 Å². The number of ether oxygens (including phenoxy) is 8. The molecule has 2 aliphatic rings. The van der Waals surface area contributed by atoms with E-state index < -0.39 is 42.5 Å². The van der Waals surface area contributed by atoms with Gasteiger partial charge in [-0.15, -0.1) is 0 Å². The zero-order valence-electron chi connectivity index (χ0n) is 25.4. The van der Waals surface area contributed by atoms with Crippen molar-refractivity contribution in [3.63, 3.8) is 0 Å². The summed E-state index contributed by atoms with van der Waals surface area (Å²) < 4.78 is 44.9. The van der Waals surface area contributed by atoms with Crippen LogP contribution in [0.3, 0.4) is 0 Å². The molecule has 15 heteroatoms. The number of carbonyl (C=O) groups is 3. The minimum Gasteiger partial charge on any atom is -0.463 e. The molecule has 0 saturated carbocycles. The summed E-state index contributed by atoms with van der Waals surface area (Å²) in [5.41, 5.74) is 9.20. The molecule has 1 saturated heterocycles. The van der Waals surface area contributed by atoms with Crippen molar-refractivity contribution in [2.75, 3.05) is 65.9 Å². The second-order valence-electron chi connectivity index (χ2n) is 9.61. The third-order valence-corrected chi connectivity index (χ3v) is 6.33. The lowest BCUT2D eigenvalue weighted by molar-refractivity contribution is -0.256. The van der Waals surface area contributed by atoms with Crippen LogP contribution in [0.4, 0.5) is 0 Å². The van der Waals surface area contributed by atoms with E-state index in [2.05, 4.69) is 14.9 Å². The van der Waals surface area contributed by atoms with E-state index in [9.17, 15) is 14.4 Å². The van der Waals surface area contributed by atoms with E-state index in [4.69, 9.17) is 43.4 Å². The molecule has 15 nitrogen and oxygen atoms in total. The van der Waals surface area contributed by atoms with E-state index >= 15 is 0 Å². The monoisotopic (exact) mass is 612 g/mol. The Kier molecular flexibility index (Phi) is 17.1. The van der Waals surface area contributed by atoms with Gasteiger partial charge in [-0.1, -0.05) is 11.2 Å². The van der Waals surface area contributed by atoms with Gasteiger partial charge in [0.2, 0.25) is 6.29 Å². The van der Waals surface area contributed by atoms with Crippen LogP contribution in [0.1, 0.15) is 47.0 Å². The van der Waals surface area contributed by atoms with Gasteiger partial charge >= 0.3 is 17.9 Å². The Morgan fingerprint density at radius 3 is 2.30 bits per heavy atom. The number of esters is 3. The second-order valence-corrected chi connectivity index (χ2v) is 9.61. The molecular formula is C28H44N4O11. The molecule has 43 heavy (non-hydrogen) atoms. The maximum atomic E-state index is 11.9. The zero-order valence-corrected chi connectivity index (χ0v) is 25.4. The largest absolute Gasteiger partial charge is 0.463 e. The molecule has 1 heterocycles. The molecule has 4 atom stereocenters. The Morgan fingerprint density at radius 2 is 1.67 bits per heavy atom. The summed E-state index contributed by atoms with van der Waals surface area (Å²) >= 11 is 0. The van der Waals surface area contributed by atoms with E-state index in [0.717, 1.165) is 18.5 Å². The Morgan fingerprint density at radius 1 is 1.00 bits per heavy atom. The minimum atomic E-state index is -0.971. The first kappa shape index (κ1) is 35.8. The quantitative estimate of drug-likeness (QED) is 0.0491. The summed E-state index contributed by atoms with van der Waals surface area (Å²) in [7, 11) is 0. The topological polar surface area (TPSA) is 177 Å². The van der Waals surface area contributed by atoms with E-state index in [1.54, 1.807) is 0 Å². The number of allylic oxidation sites excluding steroid dienone is 3. The van der Waals surface area contributed by atoms with Crippen molar-refractivity contribution in [1.29, 1.82) is 0 Å². The van der Waals surface area contributed by atoms with E-state index in [1.807, 2.05) is 19.1 Å². The van der Waals surface area contributed by atoms with Gasteiger partial charge in [0.05, 0.1) is 51.8 Å². The van der Waals surface area contributed by atoms with Gasteiger partial charge in [-0.2, -0.15) is 0 Å². The normalized spacial score (nSPS) is 21.5. The predicted octanol–water partition coefficient (Wildman–Crippen LogP) is 2.79. The molecule has 0 bridgehead atoms. The summed E-state index contributed by atoms with van der Waals surface area (Å²) in [5.74, 6) is -1.05. The maximum absolute atomic E-state index is 11.9.